The Hall–Kier alpha value is -0.710. The normalized spacial score (nSPS) is 22.4. The first-order chi connectivity index (χ1) is 8.11. The van der Waals surface area contributed by atoms with Crippen LogP contribution in [0, 0.1) is 5.41 Å². The highest BCUT2D eigenvalue weighted by Crippen LogP contribution is 2.43. The van der Waals surface area contributed by atoms with E-state index in [0.717, 1.165) is 17.5 Å². The molecular formula is C12H21N3OS. The smallest absolute Gasteiger partial charge is 0.241 e. The summed E-state index contributed by atoms with van der Waals surface area (Å²) < 4.78 is 0. The number of aliphatic imine (C=N–C) groups is 1. The van der Waals surface area contributed by atoms with Crippen LogP contribution in [-0.2, 0) is 4.79 Å². The zero-order chi connectivity index (χ0) is 12.3. The molecule has 1 amide bonds. The second-order valence-electron chi connectivity index (χ2n) is 5.26. The minimum atomic E-state index is 0.0921. The van der Waals surface area contributed by atoms with Crippen LogP contribution in [0.1, 0.15) is 25.7 Å². The molecule has 0 aromatic carbocycles. The lowest BCUT2D eigenvalue weighted by Gasteiger charge is -2.31. The number of nitrogens with zero attached hydrogens (tertiary/aromatic N) is 2. The van der Waals surface area contributed by atoms with Crippen molar-refractivity contribution in [3.8, 4) is 0 Å². The summed E-state index contributed by atoms with van der Waals surface area (Å²) in [5.74, 6) is 1.25. The predicted octanol–water partition coefficient (Wildman–Crippen LogP) is 1.33. The second-order valence-corrected chi connectivity index (χ2v) is 6.22. The molecule has 1 fully saturated rings. The minimum absolute atomic E-state index is 0.0921. The van der Waals surface area contributed by atoms with Crippen LogP contribution in [0.25, 0.3) is 0 Å². The van der Waals surface area contributed by atoms with Gasteiger partial charge in [-0.1, -0.05) is 24.6 Å². The van der Waals surface area contributed by atoms with Gasteiger partial charge in [-0.3, -0.25) is 9.79 Å². The molecule has 0 aromatic heterocycles. The number of thioether (sulfide) groups is 1. The van der Waals surface area contributed by atoms with Crippen molar-refractivity contribution in [3.05, 3.63) is 0 Å². The Morgan fingerprint density at radius 3 is 2.71 bits per heavy atom. The van der Waals surface area contributed by atoms with Gasteiger partial charge in [0.05, 0.1) is 6.54 Å². The number of amidine groups is 1. The van der Waals surface area contributed by atoms with Crippen LogP contribution in [0.2, 0.25) is 0 Å². The third-order valence-electron chi connectivity index (χ3n) is 3.63. The van der Waals surface area contributed by atoms with Gasteiger partial charge in [0.1, 0.15) is 0 Å². The quantitative estimate of drug-likeness (QED) is 0.809. The highest BCUT2D eigenvalue weighted by Gasteiger charge is 2.36. The SMILES string of the molecule is CN(C)C(=O)CNC1=NCC2(CCCC2)CS1. The summed E-state index contributed by atoms with van der Waals surface area (Å²) in [6.07, 6.45) is 5.37. The Morgan fingerprint density at radius 1 is 1.47 bits per heavy atom. The largest absolute Gasteiger partial charge is 0.356 e. The van der Waals surface area contributed by atoms with Gasteiger partial charge in [0.25, 0.3) is 0 Å². The van der Waals surface area contributed by atoms with Crippen molar-refractivity contribution in [2.45, 2.75) is 25.7 Å². The Kier molecular flexibility index (Phi) is 3.97. The Morgan fingerprint density at radius 2 is 2.18 bits per heavy atom. The number of nitrogens with one attached hydrogen (secondary N) is 1. The maximum absolute atomic E-state index is 11.4. The summed E-state index contributed by atoms with van der Waals surface area (Å²) >= 11 is 1.78. The fourth-order valence-electron chi connectivity index (χ4n) is 2.40. The van der Waals surface area contributed by atoms with E-state index in [4.69, 9.17) is 0 Å². The van der Waals surface area contributed by atoms with E-state index in [2.05, 4.69) is 10.3 Å². The first-order valence-corrected chi connectivity index (χ1v) is 7.21. The average molecular weight is 255 g/mol. The molecule has 1 spiro atoms. The molecule has 17 heavy (non-hydrogen) atoms. The monoisotopic (exact) mass is 255 g/mol. The van der Waals surface area contributed by atoms with E-state index in [1.54, 1.807) is 30.8 Å². The molecule has 1 aliphatic carbocycles. The van der Waals surface area contributed by atoms with E-state index < -0.39 is 0 Å². The van der Waals surface area contributed by atoms with Crippen LogP contribution in [0.15, 0.2) is 4.99 Å². The highest BCUT2D eigenvalue weighted by atomic mass is 32.2. The zero-order valence-electron chi connectivity index (χ0n) is 10.7. The van der Waals surface area contributed by atoms with Gasteiger partial charge in [0.15, 0.2) is 5.17 Å². The first-order valence-electron chi connectivity index (χ1n) is 6.23. The van der Waals surface area contributed by atoms with E-state index in [1.165, 1.54) is 25.7 Å². The molecule has 0 unspecified atom stereocenters. The third kappa shape index (κ3) is 3.15. The molecule has 4 nitrogen and oxygen atoms in total. The van der Waals surface area contributed by atoms with E-state index in [-0.39, 0.29) is 5.91 Å². The van der Waals surface area contributed by atoms with Gasteiger partial charge in [0, 0.05) is 26.4 Å². The summed E-state index contributed by atoms with van der Waals surface area (Å²) in [5, 5.41) is 4.07. The van der Waals surface area contributed by atoms with Gasteiger partial charge < -0.3 is 10.2 Å². The predicted molar refractivity (Wildman–Crippen MR) is 72.4 cm³/mol. The molecule has 1 heterocycles. The zero-order valence-corrected chi connectivity index (χ0v) is 11.5. The first kappa shape index (κ1) is 12.7. The number of likely N-dealkylation sites (N-methyl/N-ethyl adjacent to an activating group) is 1. The molecule has 2 rings (SSSR count). The van der Waals surface area contributed by atoms with Crippen LogP contribution in [0.4, 0.5) is 0 Å². The molecule has 1 N–H and O–H groups in total. The van der Waals surface area contributed by atoms with Crippen LogP contribution < -0.4 is 5.32 Å². The van der Waals surface area contributed by atoms with E-state index >= 15 is 0 Å². The van der Waals surface area contributed by atoms with Crippen molar-refractivity contribution in [2.24, 2.45) is 10.4 Å². The van der Waals surface area contributed by atoms with Crippen molar-refractivity contribution in [1.82, 2.24) is 10.2 Å². The molecule has 0 saturated heterocycles. The summed E-state index contributed by atoms with van der Waals surface area (Å²) in [6, 6.07) is 0. The lowest BCUT2D eigenvalue weighted by Crippen LogP contribution is -2.38. The fraction of sp³-hybridized carbons (Fsp3) is 0.833. The van der Waals surface area contributed by atoms with Crippen molar-refractivity contribution in [3.63, 3.8) is 0 Å². The van der Waals surface area contributed by atoms with Crippen molar-refractivity contribution in [1.29, 1.82) is 0 Å². The van der Waals surface area contributed by atoms with Crippen LogP contribution in [0.5, 0.6) is 0 Å². The minimum Gasteiger partial charge on any atom is -0.356 e. The topological polar surface area (TPSA) is 44.7 Å². The molecule has 1 saturated carbocycles. The van der Waals surface area contributed by atoms with Gasteiger partial charge in [0.2, 0.25) is 5.91 Å². The molecule has 0 aromatic rings. The van der Waals surface area contributed by atoms with Gasteiger partial charge in [-0.05, 0) is 18.3 Å². The Labute approximate surface area is 107 Å². The summed E-state index contributed by atoms with van der Waals surface area (Å²) in [7, 11) is 3.54. The number of hydrogen-bond donors (Lipinski definition) is 1. The standard InChI is InChI=1S/C12H21N3OS/c1-15(2)10(16)7-13-11-14-8-12(9-17-11)5-3-4-6-12/h3-9H2,1-2H3,(H,13,14). The van der Waals surface area contributed by atoms with E-state index in [9.17, 15) is 4.79 Å². The number of carbonyl (C=O) groups excluding carboxylic acids is 1. The summed E-state index contributed by atoms with van der Waals surface area (Å²) in [6.45, 7) is 1.30. The lowest BCUT2D eigenvalue weighted by atomic mass is 9.89. The molecule has 0 atom stereocenters. The van der Waals surface area contributed by atoms with Crippen LogP contribution in [0.3, 0.4) is 0 Å². The molecule has 5 heteroatoms. The average Bonchev–Trinajstić information content (AvgIpc) is 2.76. The molecule has 2 aliphatic rings. The summed E-state index contributed by atoms with van der Waals surface area (Å²) in [4.78, 5) is 17.6. The highest BCUT2D eigenvalue weighted by molar-refractivity contribution is 8.13. The maximum atomic E-state index is 11.4. The van der Waals surface area contributed by atoms with Crippen molar-refractivity contribution in [2.75, 3.05) is 32.9 Å². The van der Waals surface area contributed by atoms with E-state index in [1.807, 2.05) is 0 Å². The number of hydrogen-bond acceptors (Lipinski definition) is 4. The molecule has 0 radical (unpaired) electrons. The van der Waals surface area contributed by atoms with Crippen LogP contribution in [-0.4, -0.2) is 48.9 Å². The van der Waals surface area contributed by atoms with Crippen molar-refractivity contribution >= 4 is 22.8 Å². The molecular weight excluding hydrogens is 234 g/mol. The second kappa shape index (κ2) is 5.29. The fourth-order valence-corrected chi connectivity index (χ4v) is 3.55. The maximum Gasteiger partial charge on any atom is 0.241 e. The third-order valence-corrected chi connectivity index (χ3v) is 4.93. The molecule has 1 aliphatic heterocycles. The van der Waals surface area contributed by atoms with Gasteiger partial charge in [-0.25, -0.2) is 0 Å². The lowest BCUT2D eigenvalue weighted by molar-refractivity contribution is -0.127. The Balaban J connectivity index is 1.80. The van der Waals surface area contributed by atoms with E-state index in [0.29, 0.717) is 12.0 Å². The van der Waals surface area contributed by atoms with Gasteiger partial charge >= 0.3 is 0 Å². The Bertz CT molecular complexity index is 322. The van der Waals surface area contributed by atoms with Crippen molar-refractivity contribution < 1.29 is 4.79 Å². The van der Waals surface area contributed by atoms with Crippen LogP contribution >= 0.6 is 11.8 Å². The number of amides is 1. The van der Waals surface area contributed by atoms with Gasteiger partial charge in [-0.15, -0.1) is 0 Å². The number of carbonyl (C=O) groups is 1. The van der Waals surface area contributed by atoms with Gasteiger partial charge in [-0.2, -0.15) is 0 Å². The molecule has 96 valence electrons. The number of rotatable bonds is 2. The summed E-state index contributed by atoms with van der Waals surface area (Å²) in [5.41, 5.74) is 0.474. The molecule has 0 bridgehead atoms.